The topological polar surface area (TPSA) is 71.0 Å². The van der Waals surface area contributed by atoms with E-state index >= 15 is 0 Å². The summed E-state index contributed by atoms with van der Waals surface area (Å²) in [6, 6.07) is 12.7. The van der Waals surface area contributed by atoms with E-state index in [1.54, 1.807) is 26.3 Å². The first-order valence-electron chi connectivity index (χ1n) is 9.58. The number of likely N-dealkylation sites (N-methyl/N-ethyl adjacent to an activating group) is 1. The molecule has 0 saturated carbocycles. The summed E-state index contributed by atoms with van der Waals surface area (Å²) in [7, 11) is 3.27. The van der Waals surface area contributed by atoms with Crippen LogP contribution in [0.3, 0.4) is 0 Å². The fourth-order valence-corrected chi connectivity index (χ4v) is 3.73. The van der Waals surface area contributed by atoms with Crippen LogP contribution >= 0.6 is 0 Å². The van der Waals surface area contributed by atoms with Gasteiger partial charge in [0, 0.05) is 20.4 Å². The van der Waals surface area contributed by atoms with Crippen LogP contribution in [0.1, 0.15) is 28.8 Å². The summed E-state index contributed by atoms with van der Waals surface area (Å²) in [6.45, 7) is 0. The van der Waals surface area contributed by atoms with Crippen LogP contribution in [0.5, 0.6) is 0 Å². The number of amides is 1. The lowest BCUT2D eigenvalue weighted by molar-refractivity contribution is -0.128. The van der Waals surface area contributed by atoms with Gasteiger partial charge in [0.1, 0.15) is 18.2 Å². The third-order valence-corrected chi connectivity index (χ3v) is 5.08. The average molecular weight is 409 g/mol. The largest absolute Gasteiger partial charge is 0.375 e. The molecule has 7 heteroatoms. The summed E-state index contributed by atoms with van der Waals surface area (Å²) in [5.41, 5.74) is 2.80. The Kier molecular flexibility index (Phi) is 7.08. The molecule has 0 heterocycles. The van der Waals surface area contributed by atoms with E-state index in [4.69, 9.17) is 4.74 Å². The molecule has 6 nitrogen and oxygen atoms in total. The van der Waals surface area contributed by atoms with Crippen molar-refractivity contribution in [3.8, 4) is 0 Å². The predicted octanol–water partition coefficient (Wildman–Crippen LogP) is 2.97. The van der Waals surface area contributed by atoms with Gasteiger partial charge in [-0.15, -0.1) is 0 Å². The molecule has 1 N–H and O–H groups in total. The van der Waals surface area contributed by atoms with E-state index in [0.717, 1.165) is 11.1 Å². The molecule has 2 aromatic rings. The van der Waals surface area contributed by atoms with E-state index in [1.807, 2.05) is 24.3 Å². The highest BCUT2D eigenvalue weighted by Crippen LogP contribution is 2.34. The molecule has 1 amide bonds. The molecule has 0 saturated heterocycles. The highest BCUT2D eigenvalue weighted by molar-refractivity contribution is 5.84. The van der Waals surface area contributed by atoms with Crippen LogP contribution in [0, 0.1) is 5.82 Å². The number of nitrogens with one attached hydrogen (secondary N) is 1. The van der Waals surface area contributed by atoms with Gasteiger partial charge < -0.3 is 10.1 Å². The second-order valence-corrected chi connectivity index (χ2v) is 6.99. The van der Waals surface area contributed by atoms with Gasteiger partial charge in [-0.2, -0.15) is 5.10 Å². The first kappa shape index (κ1) is 21.4. The molecular formula is C23H24FN3O3. The minimum atomic E-state index is -0.785. The SMILES string of the molecule is COC1c2ccccc2CC1NC(=O)C(c1ccc(F)cc1)N(C)/N=C\C=C/C=O. The van der Waals surface area contributed by atoms with Crippen LogP contribution in [0.25, 0.3) is 0 Å². The number of aldehydes is 1. The molecule has 0 aromatic heterocycles. The smallest absolute Gasteiger partial charge is 0.249 e. The molecule has 1 aliphatic rings. The van der Waals surface area contributed by atoms with Crippen LogP contribution in [0.4, 0.5) is 4.39 Å². The van der Waals surface area contributed by atoms with Crippen molar-refractivity contribution < 1.29 is 18.7 Å². The van der Waals surface area contributed by atoms with Crippen LogP contribution < -0.4 is 5.32 Å². The van der Waals surface area contributed by atoms with Crippen molar-refractivity contribution in [1.29, 1.82) is 0 Å². The number of ether oxygens (including phenoxy) is 1. The molecular weight excluding hydrogens is 385 g/mol. The van der Waals surface area contributed by atoms with Crippen LogP contribution in [0.2, 0.25) is 0 Å². The lowest BCUT2D eigenvalue weighted by atomic mass is 10.0. The van der Waals surface area contributed by atoms with E-state index < -0.39 is 6.04 Å². The van der Waals surface area contributed by atoms with E-state index in [9.17, 15) is 14.0 Å². The maximum Gasteiger partial charge on any atom is 0.249 e. The predicted molar refractivity (Wildman–Crippen MR) is 112 cm³/mol. The number of benzene rings is 2. The van der Waals surface area contributed by atoms with Gasteiger partial charge >= 0.3 is 0 Å². The molecule has 3 rings (SSSR count). The molecule has 0 fully saturated rings. The van der Waals surface area contributed by atoms with Gasteiger partial charge in [-0.1, -0.05) is 36.4 Å². The Morgan fingerprint density at radius 2 is 1.97 bits per heavy atom. The molecule has 2 aromatic carbocycles. The molecule has 0 bridgehead atoms. The molecule has 0 spiro atoms. The zero-order chi connectivity index (χ0) is 21.5. The Labute approximate surface area is 175 Å². The van der Waals surface area contributed by atoms with E-state index in [2.05, 4.69) is 10.4 Å². The van der Waals surface area contributed by atoms with Gasteiger partial charge in [-0.3, -0.25) is 14.6 Å². The maximum atomic E-state index is 13.4. The number of hydrogen-bond acceptors (Lipinski definition) is 5. The Hall–Kier alpha value is -3.32. The second-order valence-electron chi connectivity index (χ2n) is 6.99. The second kappa shape index (κ2) is 9.93. The summed E-state index contributed by atoms with van der Waals surface area (Å²) < 4.78 is 19.1. The van der Waals surface area contributed by atoms with Crippen molar-refractivity contribution in [2.24, 2.45) is 5.10 Å². The third-order valence-electron chi connectivity index (χ3n) is 5.08. The number of halogens is 1. The normalized spacial score (nSPS) is 19.0. The Morgan fingerprint density at radius 3 is 2.67 bits per heavy atom. The fourth-order valence-electron chi connectivity index (χ4n) is 3.73. The van der Waals surface area contributed by atoms with Gasteiger partial charge in [0.25, 0.3) is 0 Å². The molecule has 0 radical (unpaired) electrons. The van der Waals surface area contributed by atoms with Crippen molar-refractivity contribution in [1.82, 2.24) is 10.3 Å². The average Bonchev–Trinajstić information content (AvgIpc) is 3.09. The van der Waals surface area contributed by atoms with Gasteiger partial charge in [-0.05, 0) is 47.4 Å². The Bertz CT molecular complexity index is 943. The maximum absolute atomic E-state index is 13.4. The zero-order valence-corrected chi connectivity index (χ0v) is 16.9. The zero-order valence-electron chi connectivity index (χ0n) is 16.9. The summed E-state index contributed by atoms with van der Waals surface area (Å²) in [5, 5.41) is 8.76. The number of fused-ring (bicyclic) bond motifs is 1. The number of hydrazone groups is 1. The number of rotatable bonds is 8. The van der Waals surface area contributed by atoms with Gasteiger partial charge in [0.2, 0.25) is 5.91 Å². The van der Waals surface area contributed by atoms with Crippen molar-refractivity contribution in [2.45, 2.75) is 24.6 Å². The van der Waals surface area contributed by atoms with Crippen molar-refractivity contribution in [3.05, 3.63) is 83.2 Å². The van der Waals surface area contributed by atoms with E-state index in [0.29, 0.717) is 18.3 Å². The summed E-state index contributed by atoms with van der Waals surface area (Å²) in [5.74, 6) is -0.663. The highest BCUT2D eigenvalue weighted by Gasteiger charge is 2.35. The quantitative estimate of drug-likeness (QED) is 0.315. The van der Waals surface area contributed by atoms with Crippen LogP contribution in [-0.4, -0.2) is 43.6 Å². The minimum Gasteiger partial charge on any atom is -0.375 e. The number of carbonyl (C=O) groups is 2. The van der Waals surface area contributed by atoms with Crippen molar-refractivity contribution >= 4 is 18.4 Å². The van der Waals surface area contributed by atoms with Crippen LogP contribution in [0.15, 0.2) is 65.8 Å². The fraction of sp³-hybridized carbons (Fsp3) is 0.261. The molecule has 0 aliphatic heterocycles. The van der Waals surface area contributed by atoms with E-state index in [1.165, 1.54) is 35.5 Å². The third kappa shape index (κ3) is 4.80. The molecule has 3 unspecified atom stereocenters. The lowest BCUT2D eigenvalue weighted by Crippen LogP contribution is -2.44. The number of hydrogen-bond donors (Lipinski definition) is 1. The number of allylic oxidation sites excluding steroid dienone is 2. The molecule has 30 heavy (non-hydrogen) atoms. The summed E-state index contributed by atoms with van der Waals surface area (Å²) in [6.07, 6.45) is 5.23. The van der Waals surface area contributed by atoms with Crippen molar-refractivity contribution in [2.75, 3.05) is 14.2 Å². The number of nitrogens with zero attached hydrogens (tertiary/aromatic N) is 2. The van der Waals surface area contributed by atoms with Gasteiger partial charge in [-0.25, -0.2) is 4.39 Å². The van der Waals surface area contributed by atoms with Gasteiger partial charge in [0.15, 0.2) is 6.04 Å². The first-order chi connectivity index (χ1) is 14.5. The lowest BCUT2D eigenvalue weighted by Gasteiger charge is -2.28. The standard InChI is InChI=1S/C23H24FN3O3/c1-27(25-13-5-6-14-28)21(16-9-11-18(24)12-10-16)23(29)26-20-15-17-7-3-4-8-19(17)22(20)30-2/h3-14,20-22H,15H2,1-2H3,(H,26,29)/b6-5-,25-13-. The van der Waals surface area contributed by atoms with Gasteiger partial charge in [0.05, 0.1) is 6.04 Å². The Balaban J connectivity index is 1.83. The van der Waals surface area contributed by atoms with E-state index in [-0.39, 0.29) is 23.9 Å². The molecule has 1 aliphatic carbocycles. The summed E-state index contributed by atoms with van der Waals surface area (Å²) >= 11 is 0. The minimum absolute atomic E-state index is 0.227. The highest BCUT2D eigenvalue weighted by atomic mass is 19.1. The Morgan fingerprint density at radius 1 is 1.23 bits per heavy atom. The number of methoxy groups -OCH3 is 1. The number of carbonyl (C=O) groups excluding carboxylic acids is 2. The summed E-state index contributed by atoms with van der Waals surface area (Å²) in [4.78, 5) is 23.7. The molecule has 156 valence electrons. The van der Waals surface area contributed by atoms with Crippen LogP contribution in [-0.2, 0) is 20.7 Å². The first-order valence-corrected chi connectivity index (χ1v) is 9.58. The van der Waals surface area contributed by atoms with Crippen molar-refractivity contribution in [3.63, 3.8) is 0 Å². The monoisotopic (exact) mass is 409 g/mol. The molecule has 3 atom stereocenters.